The lowest BCUT2D eigenvalue weighted by Crippen LogP contribution is -2.42. The van der Waals surface area contributed by atoms with Crippen LogP contribution in [0.2, 0.25) is 5.02 Å². The molecule has 2 aliphatic rings. The van der Waals surface area contributed by atoms with Gasteiger partial charge in [0.1, 0.15) is 11.9 Å². The average Bonchev–Trinajstić information content (AvgIpc) is 2.52. The molecule has 1 aromatic rings. The minimum absolute atomic E-state index is 0.320. The second-order valence-corrected chi connectivity index (χ2v) is 7.30. The van der Waals surface area contributed by atoms with E-state index >= 15 is 0 Å². The Labute approximate surface area is 136 Å². The van der Waals surface area contributed by atoms with E-state index in [2.05, 4.69) is 22.3 Å². The third kappa shape index (κ3) is 4.52. The third-order valence-corrected chi connectivity index (χ3v) is 5.50. The number of halogens is 1. The molecule has 1 atom stereocenters. The molecule has 2 saturated heterocycles. The molecule has 0 saturated carbocycles. The topological polar surface area (TPSA) is 24.5 Å². The van der Waals surface area contributed by atoms with E-state index in [1.165, 1.54) is 17.7 Å². The highest BCUT2D eigenvalue weighted by Crippen LogP contribution is 2.29. The van der Waals surface area contributed by atoms with Gasteiger partial charge in [0.15, 0.2) is 0 Å². The lowest BCUT2D eigenvalue weighted by molar-refractivity contribution is 0.211. The number of hydrogen-bond donors (Lipinski definition) is 1. The molecular formula is C16H23ClN2OS. The van der Waals surface area contributed by atoms with Crippen LogP contribution in [-0.4, -0.2) is 48.7 Å². The predicted octanol–water partition coefficient (Wildman–Crippen LogP) is 3.02. The first-order valence-electron chi connectivity index (χ1n) is 7.77. The van der Waals surface area contributed by atoms with Crippen LogP contribution in [0.25, 0.3) is 0 Å². The zero-order valence-corrected chi connectivity index (χ0v) is 13.9. The molecule has 0 aromatic heterocycles. The molecule has 0 radical (unpaired) electrons. The van der Waals surface area contributed by atoms with E-state index < -0.39 is 0 Å². The van der Waals surface area contributed by atoms with E-state index in [0.717, 1.165) is 55.7 Å². The number of nitrogens with zero attached hydrogens (tertiary/aromatic N) is 1. The molecule has 0 bridgehead atoms. The SMILES string of the molecule is Clc1cc(CN2CCNCC2)ccc1OC1CCCSC1. The van der Waals surface area contributed by atoms with Crippen LogP contribution >= 0.6 is 23.4 Å². The Morgan fingerprint density at radius 1 is 1.33 bits per heavy atom. The molecule has 0 aliphatic carbocycles. The lowest BCUT2D eigenvalue weighted by Gasteiger charge is -2.27. The highest BCUT2D eigenvalue weighted by Gasteiger charge is 2.17. The Bertz CT molecular complexity index is 460. The summed E-state index contributed by atoms with van der Waals surface area (Å²) in [6.45, 7) is 5.34. The molecule has 3 rings (SSSR count). The van der Waals surface area contributed by atoms with Crippen molar-refractivity contribution in [2.24, 2.45) is 0 Å². The molecule has 5 heteroatoms. The fourth-order valence-electron chi connectivity index (χ4n) is 2.85. The molecule has 1 unspecified atom stereocenters. The zero-order chi connectivity index (χ0) is 14.5. The third-order valence-electron chi connectivity index (χ3n) is 4.02. The summed E-state index contributed by atoms with van der Waals surface area (Å²) in [7, 11) is 0. The van der Waals surface area contributed by atoms with Crippen LogP contribution in [0.4, 0.5) is 0 Å². The Kier molecular flexibility index (Phi) is 5.69. The molecule has 2 fully saturated rings. The van der Waals surface area contributed by atoms with Gasteiger partial charge in [0, 0.05) is 38.5 Å². The molecule has 21 heavy (non-hydrogen) atoms. The first kappa shape index (κ1) is 15.5. The van der Waals surface area contributed by atoms with Gasteiger partial charge in [-0.15, -0.1) is 0 Å². The van der Waals surface area contributed by atoms with E-state index in [4.69, 9.17) is 16.3 Å². The van der Waals surface area contributed by atoms with Crippen LogP contribution in [0.15, 0.2) is 18.2 Å². The highest BCUT2D eigenvalue weighted by atomic mass is 35.5. The number of rotatable bonds is 4. The molecule has 0 amide bonds. The van der Waals surface area contributed by atoms with Crippen molar-refractivity contribution in [3.63, 3.8) is 0 Å². The van der Waals surface area contributed by atoms with Crippen LogP contribution in [0, 0.1) is 0 Å². The van der Waals surface area contributed by atoms with Crippen molar-refractivity contribution in [3.8, 4) is 5.75 Å². The van der Waals surface area contributed by atoms with E-state index in [1.54, 1.807) is 0 Å². The van der Waals surface area contributed by atoms with E-state index in [9.17, 15) is 0 Å². The van der Waals surface area contributed by atoms with Crippen molar-refractivity contribution in [1.82, 2.24) is 10.2 Å². The number of benzene rings is 1. The van der Waals surface area contributed by atoms with Crippen molar-refractivity contribution >= 4 is 23.4 Å². The summed E-state index contributed by atoms with van der Waals surface area (Å²) in [4.78, 5) is 2.46. The Morgan fingerprint density at radius 3 is 2.90 bits per heavy atom. The van der Waals surface area contributed by atoms with Gasteiger partial charge in [-0.3, -0.25) is 4.90 Å². The molecule has 2 heterocycles. The van der Waals surface area contributed by atoms with E-state index in [1.807, 2.05) is 17.8 Å². The number of nitrogens with one attached hydrogen (secondary N) is 1. The number of ether oxygens (including phenoxy) is 1. The summed E-state index contributed by atoms with van der Waals surface area (Å²) in [5, 5.41) is 4.13. The normalized spacial score (nSPS) is 24.0. The number of piperazine rings is 1. The van der Waals surface area contributed by atoms with Gasteiger partial charge in [0.2, 0.25) is 0 Å². The fourth-order valence-corrected chi connectivity index (χ4v) is 4.13. The highest BCUT2D eigenvalue weighted by molar-refractivity contribution is 7.99. The number of thioether (sulfide) groups is 1. The van der Waals surface area contributed by atoms with Gasteiger partial charge in [-0.05, 0) is 36.3 Å². The van der Waals surface area contributed by atoms with Crippen LogP contribution in [0.1, 0.15) is 18.4 Å². The van der Waals surface area contributed by atoms with E-state index in [0.29, 0.717) is 6.10 Å². The fraction of sp³-hybridized carbons (Fsp3) is 0.625. The maximum absolute atomic E-state index is 6.40. The average molecular weight is 327 g/mol. The minimum Gasteiger partial charge on any atom is -0.488 e. The largest absolute Gasteiger partial charge is 0.488 e. The smallest absolute Gasteiger partial charge is 0.138 e. The monoisotopic (exact) mass is 326 g/mol. The molecule has 3 nitrogen and oxygen atoms in total. The molecule has 1 N–H and O–H groups in total. The second-order valence-electron chi connectivity index (χ2n) is 5.75. The Morgan fingerprint density at radius 2 is 2.19 bits per heavy atom. The van der Waals surface area contributed by atoms with Gasteiger partial charge in [0.25, 0.3) is 0 Å². The standard InChI is InChI=1S/C16H23ClN2OS/c17-15-10-13(11-19-7-5-18-6-8-19)3-4-16(15)20-14-2-1-9-21-12-14/h3-4,10,14,18H,1-2,5-9,11-12H2. The Hall–Kier alpha value is -0.420. The molecule has 1 aromatic carbocycles. The van der Waals surface area contributed by atoms with Crippen molar-refractivity contribution in [3.05, 3.63) is 28.8 Å². The summed E-state index contributed by atoms with van der Waals surface area (Å²) in [5.74, 6) is 3.18. The molecule has 2 aliphatic heterocycles. The zero-order valence-electron chi connectivity index (χ0n) is 12.3. The molecule has 116 valence electrons. The van der Waals surface area contributed by atoms with Crippen LogP contribution < -0.4 is 10.1 Å². The summed E-state index contributed by atoms with van der Waals surface area (Å²) in [6.07, 6.45) is 2.71. The number of hydrogen-bond acceptors (Lipinski definition) is 4. The van der Waals surface area contributed by atoms with Crippen LogP contribution in [0.5, 0.6) is 5.75 Å². The minimum atomic E-state index is 0.320. The predicted molar refractivity (Wildman–Crippen MR) is 90.6 cm³/mol. The van der Waals surface area contributed by atoms with Crippen molar-refractivity contribution in [2.75, 3.05) is 37.7 Å². The van der Waals surface area contributed by atoms with Crippen LogP contribution in [0.3, 0.4) is 0 Å². The molecular weight excluding hydrogens is 304 g/mol. The first-order chi connectivity index (χ1) is 10.3. The summed E-state index contributed by atoms with van der Waals surface area (Å²) < 4.78 is 6.05. The molecule has 0 spiro atoms. The van der Waals surface area contributed by atoms with Crippen molar-refractivity contribution in [2.45, 2.75) is 25.5 Å². The van der Waals surface area contributed by atoms with Crippen molar-refractivity contribution < 1.29 is 4.74 Å². The van der Waals surface area contributed by atoms with Gasteiger partial charge in [-0.1, -0.05) is 17.7 Å². The summed E-state index contributed by atoms with van der Waals surface area (Å²) in [6, 6.07) is 6.26. The van der Waals surface area contributed by atoms with E-state index in [-0.39, 0.29) is 0 Å². The van der Waals surface area contributed by atoms with Gasteiger partial charge in [-0.2, -0.15) is 11.8 Å². The summed E-state index contributed by atoms with van der Waals surface area (Å²) in [5.41, 5.74) is 1.27. The van der Waals surface area contributed by atoms with Crippen LogP contribution in [-0.2, 0) is 6.54 Å². The first-order valence-corrected chi connectivity index (χ1v) is 9.30. The van der Waals surface area contributed by atoms with Gasteiger partial charge in [0.05, 0.1) is 5.02 Å². The second kappa shape index (κ2) is 7.73. The van der Waals surface area contributed by atoms with Gasteiger partial charge < -0.3 is 10.1 Å². The maximum atomic E-state index is 6.40. The maximum Gasteiger partial charge on any atom is 0.138 e. The van der Waals surface area contributed by atoms with Gasteiger partial charge in [-0.25, -0.2) is 0 Å². The van der Waals surface area contributed by atoms with Crippen molar-refractivity contribution in [1.29, 1.82) is 0 Å². The van der Waals surface area contributed by atoms with Gasteiger partial charge >= 0.3 is 0 Å². The quantitative estimate of drug-likeness (QED) is 0.919. The summed E-state index contributed by atoms with van der Waals surface area (Å²) >= 11 is 8.38. The lowest BCUT2D eigenvalue weighted by atomic mass is 10.2. The Balaban J connectivity index is 1.59.